The van der Waals surface area contributed by atoms with Crippen molar-refractivity contribution in [2.24, 2.45) is 0 Å². The average Bonchev–Trinajstić information content (AvgIpc) is 3.24. The molecule has 1 saturated heterocycles. The van der Waals surface area contributed by atoms with E-state index in [2.05, 4.69) is 29.1 Å². The summed E-state index contributed by atoms with van der Waals surface area (Å²) in [6.45, 7) is 7.21. The fraction of sp³-hybridized carbons (Fsp3) is 0.562. The van der Waals surface area contributed by atoms with E-state index in [0.29, 0.717) is 6.10 Å². The third-order valence-corrected chi connectivity index (χ3v) is 5.12. The molecular weight excluding hydrogens is 282 g/mol. The first-order valence-corrected chi connectivity index (χ1v) is 8.57. The molecule has 0 N–H and O–H groups in total. The summed E-state index contributed by atoms with van der Waals surface area (Å²) in [7, 11) is 0. The smallest absolute Gasteiger partial charge is 0.0917 e. The van der Waals surface area contributed by atoms with Crippen molar-refractivity contribution in [1.82, 2.24) is 14.7 Å². The molecule has 0 radical (unpaired) electrons. The van der Waals surface area contributed by atoms with Gasteiger partial charge in [-0.3, -0.25) is 9.58 Å². The standard InChI is InChI=1S/C16H23N3OS/c1-2-18(10-11-19-9-4-8-17-19)13-14-6-7-16(21-14)15-5-3-12-20-15/h4,6-9,15H,2-3,5,10-13H2,1H3/t15-/m1/s1. The van der Waals surface area contributed by atoms with Gasteiger partial charge in [0.2, 0.25) is 0 Å². The highest BCUT2D eigenvalue weighted by Crippen LogP contribution is 2.33. The van der Waals surface area contributed by atoms with Gasteiger partial charge in [-0.2, -0.15) is 5.10 Å². The molecule has 0 aliphatic carbocycles. The zero-order chi connectivity index (χ0) is 14.5. The molecule has 2 aromatic heterocycles. The second-order valence-corrected chi connectivity index (χ2v) is 6.64. The zero-order valence-electron chi connectivity index (χ0n) is 12.6. The molecule has 3 heterocycles. The molecule has 2 aromatic rings. The summed E-state index contributed by atoms with van der Waals surface area (Å²) in [4.78, 5) is 5.29. The first-order valence-electron chi connectivity index (χ1n) is 7.75. The van der Waals surface area contributed by atoms with Crippen molar-refractivity contribution in [2.45, 2.75) is 39.0 Å². The second-order valence-electron chi connectivity index (χ2n) is 5.44. The van der Waals surface area contributed by atoms with E-state index in [0.717, 1.165) is 32.8 Å². The first kappa shape index (κ1) is 14.8. The van der Waals surface area contributed by atoms with Crippen LogP contribution in [0.3, 0.4) is 0 Å². The quantitative estimate of drug-likeness (QED) is 0.786. The monoisotopic (exact) mass is 305 g/mol. The average molecular weight is 305 g/mol. The fourth-order valence-electron chi connectivity index (χ4n) is 2.70. The minimum Gasteiger partial charge on any atom is -0.373 e. The third-order valence-electron chi connectivity index (χ3n) is 3.96. The second kappa shape index (κ2) is 7.20. The number of thiophene rings is 1. The van der Waals surface area contributed by atoms with Crippen LogP contribution < -0.4 is 0 Å². The van der Waals surface area contributed by atoms with Crippen LogP contribution in [0.2, 0.25) is 0 Å². The Morgan fingerprint density at radius 3 is 3.14 bits per heavy atom. The maximum Gasteiger partial charge on any atom is 0.0917 e. The van der Waals surface area contributed by atoms with Crippen LogP contribution in [0.1, 0.15) is 35.6 Å². The Bertz CT molecular complexity index is 531. The van der Waals surface area contributed by atoms with Gasteiger partial charge in [-0.15, -0.1) is 11.3 Å². The van der Waals surface area contributed by atoms with Gasteiger partial charge in [0.1, 0.15) is 0 Å². The number of hydrogen-bond donors (Lipinski definition) is 0. The largest absolute Gasteiger partial charge is 0.373 e. The van der Waals surface area contributed by atoms with E-state index < -0.39 is 0 Å². The normalized spacial score (nSPS) is 18.7. The number of likely N-dealkylation sites (N-methyl/N-ethyl adjacent to an activating group) is 1. The van der Waals surface area contributed by atoms with Crippen LogP contribution in [0.15, 0.2) is 30.6 Å². The number of ether oxygens (including phenoxy) is 1. The van der Waals surface area contributed by atoms with Crippen LogP contribution in [-0.2, 0) is 17.8 Å². The van der Waals surface area contributed by atoms with E-state index in [-0.39, 0.29) is 0 Å². The molecule has 0 amide bonds. The molecule has 0 aromatic carbocycles. The highest BCUT2D eigenvalue weighted by atomic mass is 32.1. The number of nitrogens with zero attached hydrogens (tertiary/aromatic N) is 3. The maximum absolute atomic E-state index is 5.77. The van der Waals surface area contributed by atoms with Crippen LogP contribution in [-0.4, -0.2) is 34.4 Å². The Labute approximate surface area is 130 Å². The van der Waals surface area contributed by atoms with Crippen molar-refractivity contribution >= 4 is 11.3 Å². The lowest BCUT2D eigenvalue weighted by atomic mass is 10.2. The van der Waals surface area contributed by atoms with Crippen molar-refractivity contribution in [3.8, 4) is 0 Å². The minimum absolute atomic E-state index is 0.350. The lowest BCUT2D eigenvalue weighted by Gasteiger charge is -2.19. The van der Waals surface area contributed by atoms with Gasteiger partial charge in [0.25, 0.3) is 0 Å². The fourth-order valence-corrected chi connectivity index (χ4v) is 3.84. The molecule has 0 unspecified atom stereocenters. The van der Waals surface area contributed by atoms with Crippen molar-refractivity contribution in [3.63, 3.8) is 0 Å². The molecular formula is C16H23N3OS. The van der Waals surface area contributed by atoms with Crippen LogP contribution in [0.5, 0.6) is 0 Å². The Morgan fingerprint density at radius 1 is 1.48 bits per heavy atom. The molecule has 0 spiro atoms. The van der Waals surface area contributed by atoms with E-state index in [1.165, 1.54) is 22.6 Å². The summed E-state index contributed by atoms with van der Waals surface area (Å²) in [5.74, 6) is 0. The summed E-state index contributed by atoms with van der Waals surface area (Å²) in [5, 5.41) is 4.26. The molecule has 5 heteroatoms. The molecule has 1 aliphatic rings. The molecule has 1 fully saturated rings. The lowest BCUT2D eigenvalue weighted by molar-refractivity contribution is 0.114. The predicted octanol–water partition coefficient (Wildman–Crippen LogP) is 3.32. The van der Waals surface area contributed by atoms with E-state index >= 15 is 0 Å². The van der Waals surface area contributed by atoms with E-state index in [9.17, 15) is 0 Å². The molecule has 0 bridgehead atoms. The van der Waals surface area contributed by atoms with Crippen molar-refractivity contribution in [2.75, 3.05) is 19.7 Å². The van der Waals surface area contributed by atoms with Crippen LogP contribution >= 0.6 is 11.3 Å². The highest BCUT2D eigenvalue weighted by Gasteiger charge is 2.19. The lowest BCUT2D eigenvalue weighted by Crippen LogP contribution is -2.26. The van der Waals surface area contributed by atoms with Crippen LogP contribution in [0, 0.1) is 0 Å². The van der Waals surface area contributed by atoms with Gasteiger partial charge in [0.15, 0.2) is 0 Å². The highest BCUT2D eigenvalue weighted by molar-refractivity contribution is 7.12. The Balaban J connectivity index is 1.53. The summed E-state index contributed by atoms with van der Waals surface area (Å²) in [5.41, 5.74) is 0. The minimum atomic E-state index is 0.350. The molecule has 21 heavy (non-hydrogen) atoms. The first-order chi connectivity index (χ1) is 10.3. The Morgan fingerprint density at radius 2 is 2.43 bits per heavy atom. The summed E-state index contributed by atoms with van der Waals surface area (Å²) in [6.07, 6.45) is 6.58. The van der Waals surface area contributed by atoms with Crippen LogP contribution in [0.25, 0.3) is 0 Å². The Kier molecular flexibility index (Phi) is 5.06. The summed E-state index contributed by atoms with van der Waals surface area (Å²) >= 11 is 1.91. The SMILES string of the molecule is CCN(CCn1cccn1)Cc1ccc([C@H]2CCCO2)s1. The van der Waals surface area contributed by atoms with Crippen molar-refractivity contribution in [1.29, 1.82) is 0 Å². The molecule has 4 nitrogen and oxygen atoms in total. The van der Waals surface area contributed by atoms with E-state index in [1.54, 1.807) is 0 Å². The molecule has 1 aliphatic heterocycles. The van der Waals surface area contributed by atoms with Gasteiger partial charge in [-0.05, 0) is 37.6 Å². The number of rotatable bonds is 7. The number of aromatic nitrogens is 2. The van der Waals surface area contributed by atoms with Gasteiger partial charge in [0.05, 0.1) is 12.6 Å². The molecule has 1 atom stereocenters. The van der Waals surface area contributed by atoms with Gasteiger partial charge in [-0.1, -0.05) is 6.92 Å². The predicted molar refractivity (Wildman–Crippen MR) is 85.4 cm³/mol. The van der Waals surface area contributed by atoms with E-state index in [1.807, 2.05) is 34.5 Å². The summed E-state index contributed by atoms with van der Waals surface area (Å²) < 4.78 is 7.76. The van der Waals surface area contributed by atoms with Crippen LogP contribution in [0.4, 0.5) is 0 Å². The van der Waals surface area contributed by atoms with Gasteiger partial charge in [-0.25, -0.2) is 0 Å². The van der Waals surface area contributed by atoms with Gasteiger partial charge in [0, 0.05) is 41.8 Å². The number of hydrogen-bond acceptors (Lipinski definition) is 4. The molecule has 3 rings (SSSR count). The third kappa shape index (κ3) is 3.93. The topological polar surface area (TPSA) is 30.3 Å². The summed E-state index contributed by atoms with van der Waals surface area (Å²) in [6, 6.07) is 6.49. The van der Waals surface area contributed by atoms with Crippen molar-refractivity contribution in [3.05, 3.63) is 40.3 Å². The van der Waals surface area contributed by atoms with Crippen molar-refractivity contribution < 1.29 is 4.74 Å². The van der Waals surface area contributed by atoms with Gasteiger partial charge < -0.3 is 4.74 Å². The molecule has 0 saturated carbocycles. The molecule has 114 valence electrons. The van der Waals surface area contributed by atoms with E-state index in [4.69, 9.17) is 4.74 Å². The Hall–Kier alpha value is -1.17. The van der Waals surface area contributed by atoms with Gasteiger partial charge >= 0.3 is 0 Å². The zero-order valence-corrected chi connectivity index (χ0v) is 13.4. The maximum atomic E-state index is 5.77.